The van der Waals surface area contributed by atoms with Crippen molar-refractivity contribution in [2.45, 2.75) is 82.1 Å². The van der Waals surface area contributed by atoms with Crippen LogP contribution in [0.3, 0.4) is 0 Å². The van der Waals surface area contributed by atoms with Crippen LogP contribution >= 0.6 is 0 Å². The van der Waals surface area contributed by atoms with Gasteiger partial charge in [0.25, 0.3) is 0 Å². The quantitative estimate of drug-likeness (QED) is 0.114. The van der Waals surface area contributed by atoms with E-state index in [4.69, 9.17) is 11.5 Å². The van der Waals surface area contributed by atoms with Gasteiger partial charge in [-0.25, -0.2) is 4.79 Å². The summed E-state index contributed by atoms with van der Waals surface area (Å²) in [5, 5.41) is 29.6. The van der Waals surface area contributed by atoms with E-state index in [1.807, 2.05) is 0 Å². The molecule has 13 heteroatoms. The molecule has 33 heavy (non-hydrogen) atoms. The zero-order valence-corrected chi connectivity index (χ0v) is 18.8. The Bertz CT molecular complexity index is 696. The lowest BCUT2D eigenvalue weighted by Crippen LogP contribution is -2.59. The third-order valence-corrected chi connectivity index (χ3v) is 5.31. The van der Waals surface area contributed by atoms with Crippen LogP contribution in [0.1, 0.15) is 51.9 Å². The Labute approximate surface area is 192 Å². The maximum absolute atomic E-state index is 12.9. The van der Waals surface area contributed by atoms with Crippen LogP contribution in [0.15, 0.2) is 0 Å². The summed E-state index contributed by atoms with van der Waals surface area (Å²) in [6.45, 7) is 2.37. The molecule has 0 saturated carbocycles. The standard InChI is InChI=1S/C20H36N6O7/c1-11(27)16(19(31)25-14(20(32)33)7-8-15(22)28)26-18(30)13(5-2-3-9-21)24-17(29)12-6-4-10-23-12/h11-14,16,23,27H,2-10,21H2,1H3,(H2,22,28)(H,24,29)(H,25,31)(H,26,30)(H,32,33). The highest BCUT2D eigenvalue weighted by Gasteiger charge is 2.33. The molecule has 0 bridgehead atoms. The minimum absolute atomic E-state index is 0.247. The zero-order chi connectivity index (χ0) is 25.0. The van der Waals surface area contributed by atoms with Crippen molar-refractivity contribution in [2.75, 3.05) is 13.1 Å². The van der Waals surface area contributed by atoms with Gasteiger partial charge in [0.05, 0.1) is 12.1 Å². The van der Waals surface area contributed by atoms with Crippen LogP contribution in [0.5, 0.6) is 0 Å². The highest BCUT2D eigenvalue weighted by atomic mass is 16.4. The molecule has 13 nitrogen and oxygen atoms in total. The van der Waals surface area contributed by atoms with Crippen molar-refractivity contribution in [2.24, 2.45) is 11.5 Å². The highest BCUT2D eigenvalue weighted by Crippen LogP contribution is 2.08. The number of rotatable bonds is 15. The van der Waals surface area contributed by atoms with Gasteiger partial charge in [-0.05, 0) is 58.5 Å². The molecule has 5 atom stereocenters. The maximum atomic E-state index is 12.9. The number of carbonyl (C=O) groups excluding carboxylic acids is 4. The Morgan fingerprint density at radius 1 is 1.03 bits per heavy atom. The number of unbranched alkanes of at least 4 members (excludes halogenated alkanes) is 1. The van der Waals surface area contributed by atoms with Gasteiger partial charge < -0.3 is 42.9 Å². The van der Waals surface area contributed by atoms with E-state index in [-0.39, 0.29) is 25.2 Å². The minimum Gasteiger partial charge on any atom is -0.480 e. The lowest BCUT2D eigenvalue weighted by Gasteiger charge is -2.26. The molecule has 0 aromatic carbocycles. The second-order valence-corrected chi connectivity index (χ2v) is 8.13. The first-order valence-corrected chi connectivity index (χ1v) is 11.1. The highest BCUT2D eigenvalue weighted by molar-refractivity contribution is 5.94. The van der Waals surface area contributed by atoms with Crippen LogP contribution in [0.25, 0.3) is 0 Å². The number of nitrogens with one attached hydrogen (secondary N) is 4. The Morgan fingerprint density at radius 2 is 1.73 bits per heavy atom. The van der Waals surface area contributed by atoms with Crippen molar-refractivity contribution in [3.05, 3.63) is 0 Å². The fourth-order valence-electron chi connectivity index (χ4n) is 3.41. The number of amides is 4. The van der Waals surface area contributed by atoms with Gasteiger partial charge in [-0.2, -0.15) is 0 Å². The van der Waals surface area contributed by atoms with Crippen molar-refractivity contribution >= 4 is 29.6 Å². The average Bonchev–Trinajstić information content (AvgIpc) is 3.28. The molecule has 0 aliphatic carbocycles. The predicted molar refractivity (Wildman–Crippen MR) is 117 cm³/mol. The lowest BCUT2D eigenvalue weighted by molar-refractivity contribution is -0.143. The Morgan fingerprint density at radius 3 is 2.24 bits per heavy atom. The molecule has 0 radical (unpaired) electrons. The summed E-state index contributed by atoms with van der Waals surface area (Å²) in [5.41, 5.74) is 10.5. The number of aliphatic carboxylic acids is 1. The summed E-state index contributed by atoms with van der Waals surface area (Å²) in [6.07, 6.45) is 1.05. The number of hydrogen-bond donors (Lipinski definition) is 8. The number of primary amides is 1. The van der Waals surface area contributed by atoms with Crippen LogP contribution in [0.2, 0.25) is 0 Å². The molecule has 1 saturated heterocycles. The van der Waals surface area contributed by atoms with Crippen molar-refractivity contribution in [3.8, 4) is 0 Å². The summed E-state index contributed by atoms with van der Waals surface area (Å²) < 4.78 is 0. The third kappa shape index (κ3) is 10.1. The van der Waals surface area contributed by atoms with E-state index < -0.39 is 54.0 Å². The first-order chi connectivity index (χ1) is 15.6. The van der Waals surface area contributed by atoms with Crippen molar-refractivity contribution in [1.82, 2.24) is 21.3 Å². The van der Waals surface area contributed by atoms with Crippen LogP contribution in [-0.4, -0.2) is 83.2 Å². The molecule has 0 spiro atoms. The van der Waals surface area contributed by atoms with Gasteiger partial charge in [-0.1, -0.05) is 0 Å². The fourth-order valence-corrected chi connectivity index (χ4v) is 3.41. The lowest BCUT2D eigenvalue weighted by atomic mass is 10.0. The molecule has 1 rings (SSSR count). The monoisotopic (exact) mass is 472 g/mol. The third-order valence-electron chi connectivity index (χ3n) is 5.31. The number of aliphatic hydroxyl groups excluding tert-OH is 1. The first kappa shape index (κ1) is 28.3. The molecule has 1 aliphatic rings. The summed E-state index contributed by atoms with van der Waals surface area (Å²) >= 11 is 0. The number of nitrogens with two attached hydrogens (primary N) is 2. The largest absolute Gasteiger partial charge is 0.480 e. The molecule has 1 fully saturated rings. The van der Waals surface area contributed by atoms with Gasteiger partial charge in [0, 0.05) is 6.42 Å². The van der Waals surface area contributed by atoms with Crippen LogP contribution in [0, 0.1) is 0 Å². The molecular formula is C20H36N6O7. The molecular weight excluding hydrogens is 436 g/mol. The van der Waals surface area contributed by atoms with E-state index in [0.717, 1.165) is 6.42 Å². The molecule has 188 valence electrons. The Kier molecular flexibility index (Phi) is 12.3. The van der Waals surface area contributed by atoms with E-state index in [9.17, 15) is 34.2 Å². The normalized spacial score (nSPS) is 19.1. The van der Waals surface area contributed by atoms with Gasteiger partial charge in [0.2, 0.25) is 23.6 Å². The summed E-state index contributed by atoms with van der Waals surface area (Å²) in [7, 11) is 0. The van der Waals surface area contributed by atoms with Crippen LogP contribution in [-0.2, 0) is 24.0 Å². The van der Waals surface area contributed by atoms with Gasteiger partial charge in [-0.3, -0.25) is 19.2 Å². The van der Waals surface area contributed by atoms with E-state index in [1.54, 1.807) is 0 Å². The molecule has 1 heterocycles. The molecule has 4 amide bonds. The SMILES string of the molecule is CC(O)C(NC(=O)C(CCCCN)NC(=O)C1CCCN1)C(=O)NC(CCC(N)=O)C(=O)O. The number of carbonyl (C=O) groups is 5. The predicted octanol–water partition coefficient (Wildman–Crippen LogP) is -2.95. The maximum Gasteiger partial charge on any atom is 0.326 e. The molecule has 0 aromatic heterocycles. The van der Waals surface area contributed by atoms with Crippen molar-refractivity contribution < 1.29 is 34.2 Å². The molecule has 0 aromatic rings. The van der Waals surface area contributed by atoms with Crippen molar-refractivity contribution in [3.63, 3.8) is 0 Å². The van der Waals surface area contributed by atoms with Crippen molar-refractivity contribution in [1.29, 1.82) is 0 Å². The Hall–Kier alpha value is -2.77. The molecule has 1 aliphatic heterocycles. The van der Waals surface area contributed by atoms with Gasteiger partial charge in [0.1, 0.15) is 18.1 Å². The second-order valence-electron chi connectivity index (χ2n) is 8.13. The van der Waals surface area contributed by atoms with Gasteiger partial charge >= 0.3 is 5.97 Å². The molecule has 10 N–H and O–H groups in total. The summed E-state index contributed by atoms with van der Waals surface area (Å²) in [6, 6.07) is -4.29. The number of hydrogen-bond acceptors (Lipinski definition) is 8. The van der Waals surface area contributed by atoms with E-state index in [2.05, 4.69) is 21.3 Å². The average molecular weight is 473 g/mol. The van der Waals surface area contributed by atoms with E-state index >= 15 is 0 Å². The van der Waals surface area contributed by atoms with E-state index in [0.29, 0.717) is 32.4 Å². The number of carboxylic acid groups (broad SMARTS) is 1. The summed E-state index contributed by atoms with van der Waals surface area (Å²) in [4.78, 5) is 60.3. The topological polar surface area (TPSA) is 226 Å². The van der Waals surface area contributed by atoms with E-state index in [1.165, 1.54) is 6.92 Å². The fraction of sp³-hybridized carbons (Fsp3) is 0.750. The molecule has 5 unspecified atom stereocenters. The Balaban J connectivity index is 2.86. The smallest absolute Gasteiger partial charge is 0.326 e. The zero-order valence-electron chi connectivity index (χ0n) is 18.8. The number of carboxylic acids is 1. The summed E-state index contributed by atoms with van der Waals surface area (Å²) in [5.74, 6) is -4.10. The minimum atomic E-state index is -1.48. The van der Waals surface area contributed by atoms with Crippen LogP contribution in [0.4, 0.5) is 0 Å². The second kappa shape index (κ2) is 14.4. The van der Waals surface area contributed by atoms with Crippen LogP contribution < -0.4 is 32.7 Å². The number of aliphatic hydroxyl groups is 1. The first-order valence-electron chi connectivity index (χ1n) is 11.1. The van der Waals surface area contributed by atoms with Gasteiger partial charge in [-0.15, -0.1) is 0 Å². The van der Waals surface area contributed by atoms with Gasteiger partial charge in [0.15, 0.2) is 0 Å².